The molecule has 102 valence electrons. The van der Waals surface area contributed by atoms with Crippen LogP contribution in [0.3, 0.4) is 0 Å². The van der Waals surface area contributed by atoms with Crippen LogP contribution in [0.15, 0.2) is 41.1 Å². The summed E-state index contributed by atoms with van der Waals surface area (Å²) >= 11 is 3.26. The van der Waals surface area contributed by atoms with Gasteiger partial charge in [-0.3, -0.25) is 0 Å². The molecule has 2 N–H and O–H groups in total. The normalized spacial score (nSPS) is 12.6. The number of nitrogens with two attached hydrogens (primary N) is 1. The monoisotopic (exact) mass is 324 g/mol. The van der Waals surface area contributed by atoms with Gasteiger partial charge in [0.2, 0.25) is 0 Å². The van der Waals surface area contributed by atoms with Crippen LogP contribution in [0.1, 0.15) is 36.9 Å². The van der Waals surface area contributed by atoms with Gasteiger partial charge in [-0.25, -0.2) is 4.39 Å². The Morgan fingerprint density at radius 3 is 2.84 bits per heavy atom. The molecular formula is C15H18BrFN2. The van der Waals surface area contributed by atoms with E-state index in [1.807, 2.05) is 29.1 Å². The van der Waals surface area contributed by atoms with E-state index in [1.165, 1.54) is 6.07 Å². The van der Waals surface area contributed by atoms with Crippen LogP contribution in [0.2, 0.25) is 0 Å². The lowest BCUT2D eigenvalue weighted by Gasteiger charge is -2.08. The van der Waals surface area contributed by atoms with Crippen molar-refractivity contribution in [2.75, 3.05) is 0 Å². The summed E-state index contributed by atoms with van der Waals surface area (Å²) in [6, 6.07) is 7.22. The second-order valence-electron chi connectivity index (χ2n) is 4.75. The summed E-state index contributed by atoms with van der Waals surface area (Å²) in [6.45, 7) is 2.64. The topological polar surface area (TPSA) is 30.9 Å². The Morgan fingerprint density at radius 1 is 1.37 bits per heavy atom. The fourth-order valence-corrected chi connectivity index (χ4v) is 2.43. The van der Waals surface area contributed by atoms with E-state index in [1.54, 1.807) is 6.07 Å². The van der Waals surface area contributed by atoms with Crippen LogP contribution in [-0.2, 0) is 6.54 Å². The second-order valence-corrected chi connectivity index (χ2v) is 5.66. The summed E-state index contributed by atoms with van der Waals surface area (Å²) in [5, 5.41) is 0. The maximum absolute atomic E-state index is 13.8. The minimum absolute atomic E-state index is 0.0704. The Balaban J connectivity index is 2.11. The van der Waals surface area contributed by atoms with Gasteiger partial charge in [-0.15, -0.1) is 0 Å². The van der Waals surface area contributed by atoms with Gasteiger partial charge in [0, 0.05) is 35.0 Å². The number of halogens is 2. The van der Waals surface area contributed by atoms with Crippen molar-refractivity contribution in [1.29, 1.82) is 0 Å². The van der Waals surface area contributed by atoms with E-state index in [-0.39, 0.29) is 11.9 Å². The van der Waals surface area contributed by atoms with Crippen LogP contribution in [0.5, 0.6) is 0 Å². The molecule has 1 unspecified atom stereocenters. The summed E-state index contributed by atoms with van der Waals surface area (Å²) in [6.07, 6.45) is 5.98. The van der Waals surface area contributed by atoms with Crippen LogP contribution < -0.4 is 5.73 Å². The molecule has 0 radical (unpaired) electrons. The zero-order valence-corrected chi connectivity index (χ0v) is 12.5. The van der Waals surface area contributed by atoms with E-state index in [0.717, 1.165) is 22.9 Å². The van der Waals surface area contributed by atoms with Crippen molar-refractivity contribution >= 4 is 15.9 Å². The van der Waals surface area contributed by atoms with E-state index in [4.69, 9.17) is 5.73 Å². The van der Waals surface area contributed by atoms with Gasteiger partial charge in [-0.1, -0.05) is 35.3 Å². The first-order chi connectivity index (χ1) is 9.10. The van der Waals surface area contributed by atoms with Gasteiger partial charge in [0.05, 0.1) is 0 Å². The molecule has 0 aliphatic heterocycles. The molecule has 1 aromatic carbocycles. The molecule has 0 saturated carbocycles. The van der Waals surface area contributed by atoms with E-state index in [2.05, 4.69) is 22.9 Å². The Hall–Kier alpha value is -1.13. The summed E-state index contributed by atoms with van der Waals surface area (Å²) in [7, 11) is 0. The summed E-state index contributed by atoms with van der Waals surface area (Å²) < 4.78 is 16.5. The molecule has 2 nitrogen and oxygen atoms in total. The van der Waals surface area contributed by atoms with Crippen molar-refractivity contribution in [3.63, 3.8) is 0 Å². The zero-order valence-electron chi connectivity index (χ0n) is 10.9. The Bertz CT molecular complexity index is 551. The predicted octanol–water partition coefficient (Wildman–Crippen LogP) is 4.24. The average Bonchev–Trinajstić information content (AvgIpc) is 2.82. The average molecular weight is 325 g/mol. The van der Waals surface area contributed by atoms with E-state index >= 15 is 0 Å². The van der Waals surface area contributed by atoms with Crippen molar-refractivity contribution < 1.29 is 4.39 Å². The molecule has 0 fully saturated rings. The van der Waals surface area contributed by atoms with Crippen LogP contribution in [-0.4, -0.2) is 4.57 Å². The molecule has 0 aliphatic carbocycles. The third kappa shape index (κ3) is 3.67. The third-order valence-electron chi connectivity index (χ3n) is 3.17. The molecule has 0 spiro atoms. The predicted molar refractivity (Wildman–Crippen MR) is 79.5 cm³/mol. The largest absolute Gasteiger partial charge is 0.349 e. The van der Waals surface area contributed by atoms with Gasteiger partial charge in [0.1, 0.15) is 5.82 Å². The molecule has 2 rings (SSSR count). The molecule has 1 heterocycles. The molecule has 0 amide bonds. The zero-order chi connectivity index (χ0) is 13.8. The van der Waals surface area contributed by atoms with Gasteiger partial charge < -0.3 is 10.3 Å². The van der Waals surface area contributed by atoms with Gasteiger partial charge >= 0.3 is 0 Å². The smallest absolute Gasteiger partial charge is 0.129 e. The van der Waals surface area contributed by atoms with Crippen molar-refractivity contribution in [1.82, 2.24) is 4.57 Å². The van der Waals surface area contributed by atoms with Gasteiger partial charge in [-0.2, -0.15) is 0 Å². The molecule has 4 heteroatoms. The highest BCUT2D eigenvalue weighted by Gasteiger charge is 2.08. The van der Waals surface area contributed by atoms with Crippen molar-refractivity contribution in [2.24, 2.45) is 5.73 Å². The first-order valence-electron chi connectivity index (χ1n) is 6.45. The van der Waals surface area contributed by atoms with Gasteiger partial charge in [0.15, 0.2) is 0 Å². The van der Waals surface area contributed by atoms with E-state index < -0.39 is 0 Å². The Kier molecular flexibility index (Phi) is 4.77. The summed E-state index contributed by atoms with van der Waals surface area (Å²) in [5.41, 5.74) is 7.85. The molecule has 2 aromatic rings. The summed E-state index contributed by atoms with van der Waals surface area (Å²) in [4.78, 5) is 0. The molecule has 1 aromatic heterocycles. The Morgan fingerprint density at radius 2 is 2.16 bits per heavy atom. The maximum Gasteiger partial charge on any atom is 0.129 e. The number of nitrogens with zero attached hydrogens (tertiary/aromatic N) is 1. The molecule has 0 saturated heterocycles. The summed E-state index contributed by atoms with van der Waals surface area (Å²) in [5.74, 6) is -0.192. The van der Waals surface area contributed by atoms with E-state index in [0.29, 0.717) is 12.1 Å². The molecule has 0 aliphatic rings. The molecule has 19 heavy (non-hydrogen) atoms. The standard InChI is InChI=1S/C15H18BrFN2/c1-2-3-15(18)12-6-7-19(10-12)9-11-4-5-13(16)8-14(11)17/h4-8,10,15H,2-3,9,18H2,1H3. The highest BCUT2D eigenvalue weighted by Crippen LogP contribution is 2.19. The number of aromatic nitrogens is 1. The molecule has 1 atom stereocenters. The fourth-order valence-electron chi connectivity index (χ4n) is 2.10. The lowest BCUT2D eigenvalue weighted by atomic mass is 10.1. The number of rotatable bonds is 5. The number of benzene rings is 1. The Labute approximate surface area is 121 Å². The highest BCUT2D eigenvalue weighted by atomic mass is 79.9. The van der Waals surface area contributed by atoms with Crippen molar-refractivity contribution in [3.05, 3.63) is 58.1 Å². The van der Waals surface area contributed by atoms with Crippen molar-refractivity contribution in [2.45, 2.75) is 32.4 Å². The maximum atomic E-state index is 13.8. The van der Waals surface area contributed by atoms with Crippen LogP contribution in [0.4, 0.5) is 4.39 Å². The van der Waals surface area contributed by atoms with Gasteiger partial charge in [0.25, 0.3) is 0 Å². The third-order valence-corrected chi connectivity index (χ3v) is 3.66. The number of hydrogen-bond donors (Lipinski definition) is 1. The van der Waals surface area contributed by atoms with Gasteiger partial charge in [-0.05, 0) is 30.2 Å². The van der Waals surface area contributed by atoms with Crippen LogP contribution >= 0.6 is 15.9 Å². The minimum atomic E-state index is -0.192. The molecular weight excluding hydrogens is 307 g/mol. The highest BCUT2D eigenvalue weighted by molar-refractivity contribution is 9.10. The SMILES string of the molecule is CCCC(N)c1ccn(Cc2ccc(Br)cc2F)c1. The van der Waals surface area contributed by atoms with Crippen LogP contribution in [0.25, 0.3) is 0 Å². The number of hydrogen-bond acceptors (Lipinski definition) is 1. The van der Waals surface area contributed by atoms with E-state index in [9.17, 15) is 4.39 Å². The fraction of sp³-hybridized carbons (Fsp3) is 0.333. The first kappa shape index (κ1) is 14.3. The van der Waals surface area contributed by atoms with Crippen LogP contribution in [0, 0.1) is 5.82 Å². The second kappa shape index (κ2) is 6.35. The quantitative estimate of drug-likeness (QED) is 0.876. The lowest BCUT2D eigenvalue weighted by Crippen LogP contribution is -2.08. The molecule has 0 bridgehead atoms. The lowest BCUT2D eigenvalue weighted by molar-refractivity contribution is 0.597. The minimum Gasteiger partial charge on any atom is -0.349 e. The van der Waals surface area contributed by atoms with Crippen molar-refractivity contribution in [3.8, 4) is 0 Å². The first-order valence-corrected chi connectivity index (χ1v) is 7.24.